The highest BCUT2D eigenvalue weighted by Gasteiger charge is 2.16. The van der Waals surface area contributed by atoms with Gasteiger partial charge in [-0.2, -0.15) is 5.10 Å². The number of aryl methyl sites for hydroxylation is 1. The smallest absolute Gasteiger partial charge is 0.222 e. The summed E-state index contributed by atoms with van der Waals surface area (Å²) in [4.78, 5) is 18.2. The van der Waals surface area contributed by atoms with Crippen LogP contribution in [0.2, 0.25) is 0 Å². The van der Waals surface area contributed by atoms with Crippen LogP contribution in [0, 0.1) is 6.92 Å². The SMILES string of the molecule is CC(=O)Nc1ccnn1CC1=CCCN(Cc2ncccc2C)C1. The zero-order valence-corrected chi connectivity index (χ0v) is 14.2. The first-order chi connectivity index (χ1) is 11.6. The van der Waals surface area contributed by atoms with Gasteiger partial charge in [0.25, 0.3) is 0 Å². The number of amides is 1. The van der Waals surface area contributed by atoms with Crippen LogP contribution in [0.15, 0.2) is 42.2 Å². The maximum absolute atomic E-state index is 11.3. The number of hydrogen-bond donors (Lipinski definition) is 1. The van der Waals surface area contributed by atoms with E-state index < -0.39 is 0 Å². The van der Waals surface area contributed by atoms with Crippen LogP contribution < -0.4 is 5.32 Å². The molecule has 1 N–H and O–H groups in total. The van der Waals surface area contributed by atoms with Gasteiger partial charge in [-0.1, -0.05) is 12.1 Å². The molecule has 24 heavy (non-hydrogen) atoms. The van der Waals surface area contributed by atoms with Gasteiger partial charge in [0.15, 0.2) is 0 Å². The standard InChI is InChI=1S/C18H23N5O/c1-14-5-3-8-19-17(14)13-22-10-4-6-16(11-22)12-23-18(7-9-20-23)21-15(2)24/h3,5-9H,4,10-13H2,1-2H3,(H,21,24). The number of aromatic nitrogens is 3. The molecule has 1 aliphatic rings. The van der Waals surface area contributed by atoms with E-state index in [1.807, 2.05) is 23.0 Å². The van der Waals surface area contributed by atoms with E-state index in [2.05, 4.69) is 39.4 Å². The first kappa shape index (κ1) is 16.4. The Morgan fingerprint density at radius 3 is 2.96 bits per heavy atom. The summed E-state index contributed by atoms with van der Waals surface area (Å²) in [5.41, 5.74) is 3.68. The van der Waals surface area contributed by atoms with E-state index in [1.54, 1.807) is 6.20 Å². The van der Waals surface area contributed by atoms with Crippen molar-refractivity contribution in [2.75, 3.05) is 18.4 Å². The molecule has 0 fully saturated rings. The van der Waals surface area contributed by atoms with E-state index in [4.69, 9.17) is 0 Å². The van der Waals surface area contributed by atoms with Crippen molar-refractivity contribution in [2.45, 2.75) is 33.4 Å². The maximum atomic E-state index is 11.3. The molecule has 0 saturated heterocycles. The Balaban J connectivity index is 1.64. The van der Waals surface area contributed by atoms with Crippen molar-refractivity contribution >= 4 is 11.7 Å². The maximum Gasteiger partial charge on any atom is 0.222 e. The Hall–Kier alpha value is -2.47. The van der Waals surface area contributed by atoms with E-state index in [0.29, 0.717) is 6.54 Å². The van der Waals surface area contributed by atoms with E-state index in [-0.39, 0.29) is 5.91 Å². The van der Waals surface area contributed by atoms with Gasteiger partial charge in [-0.05, 0) is 30.5 Å². The lowest BCUT2D eigenvalue weighted by Gasteiger charge is -2.27. The van der Waals surface area contributed by atoms with E-state index >= 15 is 0 Å². The molecule has 6 heteroatoms. The first-order valence-corrected chi connectivity index (χ1v) is 8.22. The van der Waals surface area contributed by atoms with E-state index in [9.17, 15) is 4.79 Å². The molecule has 2 aromatic rings. The van der Waals surface area contributed by atoms with E-state index in [1.165, 1.54) is 18.1 Å². The van der Waals surface area contributed by atoms with Crippen LogP contribution >= 0.6 is 0 Å². The number of rotatable bonds is 5. The number of pyridine rings is 1. The summed E-state index contributed by atoms with van der Waals surface area (Å²) in [6.45, 7) is 7.11. The number of hydrogen-bond acceptors (Lipinski definition) is 4. The molecule has 0 saturated carbocycles. The third-order valence-corrected chi connectivity index (χ3v) is 4.17. The predicted molar refractivity (Wildman–Crippen MR) is 93.5 cm³/mol. The largest absolute Gasteiger partial charge is 0.311 e. The van der Waals surface area contributed by atoms with Gasteiger partial charge in [0.2, 0.25) is 5.91 Å². The second-order valence-corrected chi connectivity index (χ2v) is 6.18. The molecule has 3 heterocycles. The first-order valence-electron chi connectivity index (χ1n) is 8.22. The van der Waals surface area contributed by atoms with Crippen molar-refractivity contribution < 1.29 is 4.79 Å². The zero-order valence-electron chi connectivity index (χ0n) is 14.2. The molecule has 2 aromatic heterocycles. The van der Waals surface area contributed by atoms with Gasteiger partial charge in [-0.15, -0.1) is 0 Å². The summed E-state index contributed by atoms with van der Waals surface area (Å²) in [6, 6.07) is 5.90. The minimum atomic E-state index is -0.0818. The number of carbonyl (C=O) groups is 1. The number of nitrogens with zero attached hydrogens (tertiary/aromatic N) is 4. The Labute approximate surface area is 142 Å². The summed E-state index contributed by atoms with van der Waals surface area (Å²) >= 11 is 0. The highest BCUT2D eigenvalue weighted by Crippen LogP contribution is 2.17. The minimum Gasteiger partial charge on any atom is -0.311 e. The summed E-state index contributed by atoms with van der Waals surface area (Å²) in [6.07, 6.45) is 6.87. The normalized spacial score (nSPS) is 15.2. The molecule has 0 atom stereocenters. The summed E-state index contributed by atoms with van der Waals surface area (Å²) in [5, 5.41) is 7.13. The van der Waals surface area contributed by atoms with Gasteiger partial charge < -0.3 is 5.32 Å². The lowest BCUT2D eigenvalue weighted by atomic mass is 10.1. The summed E-state index contributed by atoms with van der Waals surface area (Å²) < 4.78 is 1.84. The molecule has 0 radical (unpaired) electrons. The van der Waals surface area contributed by atoms with Crippen molar-refractivity contribution in [3.63, 3.8) is 0 Å². The molecule has 6 nitrogen and oxygen atoms in total. The monoisotopic (exact) mass is 325 g/mol. The lowest BCUT2D eigenvalue weighted by molar-refractivity contribution is -0.114. The van der Waals surface area contributed by atoms with Crippen LogP contribution in [0.25, 0.3) is 0 Å². The second-order valence-electron chi connectivity index (χ2n) is 6.18. The van der Waals surface area contributed by atoms with Crippen LogP contribution in [0.1, 0.15) is 24.6 Å². The molecular formula is C18H23N5O. The Morgan fingerprint density at radius 1 is 1.29 bits per heavy atom. The summed E-state index contributed by atoms with van der Waals surface area (Å²) in [5.74, 6) is 0.655. The van der Waals surface area contributed by atoms with E-state index in [0.717, 1.165) is 37.6 Å². The van der Waals surface area contributed by atoms with Gasteiger partial charge in [0, 0.05) is 38.8 Å². The van der Waals surface area contributed by atoms with Crippen LogP contribution in [0.5, 0.6) is 0 Å². The molecule has 3 rings (SSSR count). The van der Waals surface area contributed by atoms with Crippen molar-refractivity contribution in [3.05, 3.63) is 53.5 Å². The number of carbonyl (C=O) groups excluding carboxylic acids is 1. The minimum absolute atomic E-state index is 0.0818. The fourth-order valence-electron chi connectivity index (χ4n) is 2.96. The lowest BCUT2D eigenvalue weighted by Crippen LogP contribution is -2.31. The predicted octanol–water partition coefficient (Wildman–Crippen LogP) is 2.38. The van der Waals surface area contributed by atoms with Crippen LogP contribution in [-0.2, 0) is 17.9 Å². The van der Waals surface area contributed by atoms with Gasteiger partial charge in [0.05, 0.1) is 18.4 Å². The fourth-order valence-corrected chi connectivity index (χ4v) is 2.96. The zero-order chi connectivity index (χ0) is 16.9. The Morgan fingerprint density at radius 2 is 2.17 bits per heavy atom. The van der Waals surface area contributed by atoms with Crippen LogP contribution in [-0.4, -0.2) is 38.7 Å². The Bertz CT molecular complexity index is 749. The Kier molecular flexibility index (Phi) is 5.05. The molecular weight excluding hydrogens is 302 g/mol. The fraction of sp³-hybridized carbons (Fsp3) is 0.389. The van der Waals surface area contributed by atoms with Gasteiger partial charge in [-0.25, -0.2) is 4.68 Å². The molecule has 0 aromatic carbocycles. The van der Waals surface area contributed by atoms with Crippen molar-refractivity contribution in [1.82, 2.24) is 19.7 Å². The van der Waals surface area contributed by atoms with Gasteiger partial charge in [-0.3, -0.25) is 14.7 Å². The molecule has 1 amide bonds. The highest BCUT2D eigenvalue weighted by molar-refractivity contribution is 5.87. The third-order valence-electron chi connectivity index (χ3n) is 4.17. The quantitative estimate of drug-likeness (QED) is 0.857. The molecule has 0 spiro atoms. The van der Waals surface area contributed by atoms with Crippen molar-refractivity contribution in [1.29, 1.82) is 0 Å². The van der Waals surface area contributed by atoms with Gasteiger partial charge >= 0.3 is 0 Å². The molecule has 1 aliphatic heterocycles. The van der Waals surface area contributed by atoms with Crippen molar-refractivity contribution in [2.24, 2.45) is 0 Å². The molecule has 0 unspecified atom stereocenters. The molecule has 0 aliphatic carbocycles. The highest BCUT2D eigenvalue weighted by atomic mass is 16.1. The van der Waals surface area contributed by atoms with Crippen LogP contribution in [0.4, 0.5) is 5.82 Å². The number of nitrogens with one attached hydrogen (secondary N) is 1. The molecule has 126 valence electrons. The number of anilines is 1. The van der Waals surface area contributed by atoms with Crippen molar-refractivity contribution in [3.8, 4) is 0 Å². The van der Waals surface area contributed by atoms with Gasteiger partial charge in [0.1, 0.15) is 5.82 Å². The molecule has 0 bridgehead atoms. The average molecular weight is 325 g/mol. The third kappa shape index (κ3) is 4.08. The average Bonchev–Trinajstić information content (AvgIpc) is 2.96. The topological polar surface area (TPSA) is 63.1 Å². The second kappa shape index (κ2) is 7.40. The summed E-state index contributed by atoms with van der Waals surface area (Å²) in [7, 11) is 0. The van der Waals surface area contributed by atoms with Crippen LogP contribution in [0.3, 0.4) is 0 Å².